The number of hydrogen-bond acceptors (Lipinski definition) is 8. The molecular weight excluding hydrogens is 486 g/mol. The van der Waals surface area contributed by atoms with Gasteiger partial charge in [-0.3, -0.25) is 0 Å². The van der Waals surface area contributed by atoms with Crippen molar-refractivity contribution in [1.82, 2.24) is 14.9 Å². The molecule has 0 bridgehead atoms. The molecule has 8 nitrogen and oxygen atoms in total. The summed E-state index contributed by atoms with van der Waals surface area (Å²) in [7, 11) is 1.52. The van der Waals surface area contributed by atoms with Gasteiger partial charge >= 0.3 is 0 Å². The Kier molecular flexibility index (Phi) is 6.04. The summed E-state index contributed by atoms with van der Waals surface area (Å²) in [6.45, 7) is 0.535. The Balaban J connectivity index is 1.41. The summed E-state index contributed by atoms with van der Waals surface area (Å²) in [5.41, 5.74) is 1.57. The maximum Gasteiger partial charge on any atom is 0.166 e. The smallest absolute Gasteiger partial charge is 0.166 e. The zero-order chi connectivity index (χ0) is 23.7. The number of aromatic nitrogens is 2. The molecule has 11 heteroatoms. The van der Waals surface area contributed by atoms with E-state index in [0.717, 1.165) is 5.70 Å². The van der Waals surface area contributed by atoms with Crippen molar-refractivity contribution in [3.8, 4) is 11.5 Å². The Morgan fingerprint density at radius 3 is 2.94 bits per heavy atom. The lowest BCUT2D eigenvalue weighted by molar-refractivity contribution is 0.146. The van der Waals surface area contributed by atoms with Crippen LogP contribution in [0.15, 0.2) is 67.0 Å². The van der Waals surface area contributed by atoms with Gasteiger partial charge in [0.2, 0.25) is 0 Å². The number of nitrogens with one attached hydrogen (secondary N) is 1. The average molecular weight is 503 g/mol. The standard InChI is InChI=1S/C23H17Cl2FN4O4/c1-31-19-6-15-18(27-12-28-23(15)29-17-3-2-16(24)21(25)22(17)26)7-20(19)34-11-14-8-30-4-5-32-9-13(30)10-33-14/h2-9,12H,10-11H2,1H3,(H,27,28,29). The van der Waals surface area contributed by atoms with Crippen molar-refractivity contribution in [2.75, 3.05) is 25.6 Å². The molecule has 1 aromatic heterocycles. The Bertz CT molecular complexity index is 1360. The van der Waals surface area contributed by atoms with Crippen LogP contribution in [0.4, 0.5) is 15.9 Å². The van der Waals surface area contributed by atoms with Gasteiger partial charge in [0.15, 0.2) is 23.1 Å². The fourth-order valence-electron chi connectivity index (χ4n) is 3.38. The van der Waals surface area contributed by atoms with Crippen LogP contribution in [0.1, 0.15) is 0 Å². The van der Waals surface area contributed by atoms with Crippen LogP contribution in [0.2, 0.25) is 10.0 Å². The number of nitrogens with zero attached hydrogens (tertiary/aromatic N) is 3. The van der Waals surface area contributed by atoms with Crippen molar-refractivity contribution in [2.45, 2.75) is 0 Å². The number of ether oxygens (including phenoxy) is 4. The minimum absolute atomic E-state index is 0.120. The number of halogens is 3. The average Bonchev–Trinajstić information content (AvgIpc) is 2.87. The van der Waals surface area contributed by atoms with E-state index in [1.807, 2.05) is 11.1 Å². The van der Waals surface area contributed by atoms with Crippen molar-refractivity contribution in [3.63, 3.8) is 0 Å². The Labute approximate surface area is 203 Å². The molecule has 0 saturated heterocycles. The Hall–Kier alpha value is -3.69. The predicted octanol–water partition coefficient (Wildman–Crippen LogP) is 5.72. The monoisotopic (exact) mass is 502 g/mol. The van der Waals surface area contributed by atoms with Crippen molar-refractivity contribution in [2.24, 2.45) is 0 Å². The molecular formula is C23H17Cl2FN4O4. The highest BCUT2D eigenvalue weighted by Gasteiger charge is 2.19. The summed E-state index contributed by atoms with van der Waals surface area (Å²) >= 11 is 11.8. The molecule has 3 aromatic rings. The van der Waals surface area contributed by atoms with Crippen LogP contribution in [-0.2, 0) is 9.47 Å². The highest BCUT2D eigenvalue weighted by atomic mass is 35.5. The minimum Gasteiger partial charge on any atom is -0.493 e. The summed E-state index contributed by atoms with van der Waals surface area (Å²) in [4.78, 5) is 10.4. The zero-order valence-electron chi connectivity index (χ0n) is 17.7. The number of rotatable bonds is 6. The molecule has 2 aromatic carbocycles. The summed E-state index contributed by atoms with van der Waals surface area (Å²) in [6.07, 6.45) is 8.16. The molecule has 0 radical (unpaired) electrons. The van der Waals surface area contributed by atoms with Crippen LogP contribution in [0.5, 0.6) is 11.5 Å². The molecule has 0 atom stereocenters. The first-order valence-corrected chi connectivity index (χ1v) is 10.8. The number of benzene rings is 2. The molecule has 3 heterocycles. The zero-order valence-corrected chi connectivity index (χ0v) is 19.2. The number of fused-ring (bicyclic) bond motifs is 2. The van der Waals surface area contributed by atoms with Crippen molar-refractivity contribution in [3.05, 3.63) is 82.8 Å². The molecule has 0 amide bonds. The van der Waals surface area contributed by atoms with Gasteiger partial charge in [-0.1, -0.05) is 23.2 Å². The fourth-order valence-corrected chi connectivity index (χ4v) is 3.69. The van der Waals surface area contributed by atoms with Gasteiger partial charge in [0.1, 0.15) is 37.9 Å². The van der Waals surface area contributed by atoms with Crippen LogP contribution >= 0.6 is 23.2 Å². The van der Waals surface area contributed by atoms with Crippen LogP contribution in [0.3, 0.4) is 0 Å². The van der Waals surface area contributed by atoms with E-state index < -0.39 is 5.82 Å². The van der Waals surface area contributed by atoms with E-state index in [4.69, 9.17) is 42.1 Å². The molecule has 2 aliphatic rings. The Morgan fingerprint density at radius 2 is 2.09 bits per heavy atom. The van der Waals surface area contributed by atoms with Gasteiger partial charge < -0.3 is 29.2 Å². The van der Waals surface area contributed by atoms with E-state index in [9.17, 15) is 4.39 Å². The fraction of sp³-hybridized carbons (Fsp3) is 0.130. The number of methoxy groups -OCH3 is 1. The second-order valence-corrected chi connectivity index (χ2v) is 7.99. The van der Waals surface area contributed by atoms with Crippen LogP contribution < -0.4 is 14.8 Å². The summed E-state index contributed by atoms with van der Waals surface area (Å²) in [5, 5.41) is 3.48. The predicted molar refractivity (Wildman–Crippen MR) is 125 cm³/mol. The summed E-state index contributed by atoms with van der Waals surface area (Å²) < 4.78 is 36.9. The van der Waals surface area contributed by atoms with Gasteiger partial charge in [0.05, 0.1) is 40.3 Å². The third-order valence-corrected chi connectivity index (χ3v) is 5.88. The molecule has 0 fully saturated rings. The van der Waals surface area contributed by atoms with Crippen LogP contribution in [0.25, 0.3) is 10.9 Å². The first kappa shape index (κ1) is 22.1. The van der Waals surface area contributed by atoms with Gasteiger partial charge in [-0.2, -0.15) is 0 Å². The topological polar surface area (TPSA) is 78.0 Å². The second-order valence-electron chi connectivity index (χ2n) is 7.20. The highest BCUT2D eigenvalue weighted by molar-refractivity contribution is 6.42. The summed E-state index contributed by atoms with van der Waals surface area (Å²) in [6, 6.07) is 6.41. The van der Waals surface area contributed by atoms with Crippen molar-refractivity contribution < 1.29 is 23.3 Å². The van der Waals surface area contributed by atoms with Gasteiger partial charge in [-0.15, -0.1) is 0 Å². The van der Waals surface area contributed by atoms with Crippen LogP contribution in [-0.4, -0.2) is 35.2 Å². The van der Waals surface area contributed by atoms with E-state index in [-0.39, 0.29) is 22.3 Å². The van der Waals surface area contributed by atoms with Crippen LogP contribution in [0, 0.1) is 5.82 Å². The van der Waals surface area contributed by atoms with Gasteiger partial charge in [0.25, 0.3) is 0 Å². The maximum atomic E-state index is 14.5. The van der Waals surface area contributed by atoms with E-state index in [1.165, 1.54) is 25.6 Å². The molecule has 0 spiro atoms. The lowest BCUT2D eigenvalue weighted by atomic mass is 10.2. The molecule has 174 valence electrons. The largest absolute Gasteiger partial charge is 0.493 e. The molecule has 0 aliphatic carbocycles. The lowest BCUT2D eigenvalue weighted by Gasteiger charge is -2.28. The van der Waals surface area contributed by atoms with E-state index in [0.29, 0.717) is 40.6 Å². The van der Waals surface area contributed by atoms with E-state index in [1.54, 1.807) is 30.9 Å². The SMILES string of the molecule is COc1cc2c(Nc3ccc(Cl)c(Cl)c3F)ncnc2cc1OCC1=CN2C=COC=C2CO1. The molecule has 1 N–H and O–H groups in total. The first-order chi connectivity index (χ1) is 16.5. The number of anilines is 2. The Morgan fingerprint density at radius 1 is 1.21 bits per heavy atom. The van der Waals surface area contributed by atoms with Crippen molar-refractivity contribution in [1.29, 1.82) is 0 Å². The van der Waals surface area contributed by atoms with Crippen molar-refractivity contribution >= 4 is 45.6 Å². The third kappa shape index (κ3) is 4.27. The normalized spacial score (nSPS) is 14.5. The maximum absolute atomic E-state index is 14.5. The van der Waals surface area contributed by atoms with Gasteiger partial charge in [0, 0.05) is 17.7 Å². The van der Waals surface area contributed by atoms with E-state index >= 15 is 0 Å². The molecule has 5 rings (SSSR count). The van der Waals surface area contributed by atoms with Gasteiger partial charge in [-0.25, -0.2) is 14.4 Å². The minimum atomic E-state index is -0.679. The molecule has 2 aliphatic heterocycles. The third-order valence-electron chi connectivity index (χ3n) is 5.10. The lowest BCUT2D eigenvalue weighted by Crippen LogP contribution is -2.24. The highest BCUT2D eigenvalue weighted by Crippen LogP contribution is 2.37. The molecule has 0 unspecified atom stereocenters. The number of hydrogen-bond donors (Lipinski definition) is 1. The van der Waals surface area contributed by atoms with Gasteiger partial charge in [-0.05, 0) is 18.2 Å². The first-order valence-electron chi connectivity index (χ1n) is 10.0. The molecule has 0 saturated carbocycles. The van der Waals surface area contributed by atoms with E-state index in [2.05, 4.69) is 15.3 Å². The summed E-state index contributed by atoms with van der Waals surface area (Å²) in [5.74, 6) is 1.23. The second kappa shape index (κ2) is 9.28. The molecule has 34 heavy (non-hydrogen) atoms. The quantitative estimate of drug-likeness (QED) is 0.428.